The van der Waals surface area contributed by atoms with E-state index in [4.69, 9.17) is 0 Å². The van der Waals surface area contributed by atoms with Crippen LogP contribution >= 0.6 is 0 Å². The molecule has 0 N–H and O–H groups in total. The molecule has 0 bridgehead atoms. The molecule has 0 saturated carbocycles. The molecule has 9 aromatic carbocycles. The van der Waals surface area contributed by atoms with Gasteiger partial charge in [-0.15, -0.1) is 0 Å². The zero-order chi connectivity index (χ0) is 36.6. The minimum Gasteiger partial charge on any atom is -0.0622 e. The molecule has 1 aliphatic carbocycles. The fourth-order valence-corrected chi connectivity index (χ4v) is 8.36. The first-order valence-corrected chi connectivity index (χ1v) is 19.1. The van der Waals surface area contributed by atoms with Crippen molar-refractivity contribution in [1.29, 1.82) is 0 Å². The highest BCUT2D eigenvalue weighted by molar-refractivity contribution is 5.83. The average Bonchev–Trinajstić information content (AvgIpc) is 3.61. The zero-order valence-corrected chi connectivity index (χ0v) is 30.4. The van der Waals surface area contributed by atoms with Crippen LogP contribution in [0.1, 0.15) is 22.6 Å². The standard InChI is InChI=1S/C55H38/c1-3-12-38(13-4-1)48-35-49(39-14-5-2-6-15-39)37-50(36-48)44-28-26-43(27-29-44)47-17-11-16-46(34-47)42-24-22-40(23-25-42)41-30-32-45(33-31-41)55-53-20-9-7-18-51(53)52-19-8-10-21-54(52)55/h1-37,55H. The SMILES string of the molecule is c1ccc(-c2cc(-c3ccccc3)cc(-c3ccc(-c4cccc(-c5ccc(-c6ccc(C7c8ccccc8-c8ccccc87)cc6)cc5)c4)cc3)c2)cc1. The molecule has 0 fully saturated rings. The molecule has 0 aliphatic heterocycles. The van der Waals surface area contributed by atoms with Gasteiger partial charge in [-0.2, -0.15) is 0 Å². The predicted molar refractivity (Wildman–Crippen MR) is 232 cm³/mol. The summed E-state index contributed by atoms with van der Waals surface area (Å²) in [7, 11) is 0. The van der Waals surface area contributed by atoms with Gasteiger partial charge in [0.1, 0.15) is 0 Å². The molecule has 0 unspecified atom stereocenters. The molecule has 9 aromatic rings. The predicted octanol–water partition coefficient (Wildman–Crippen LogP) is 14.8. The minimum absolute atomic E-state index is 0.269. The molecule has 0 atom stereocenters. The lowest BCUT2D eigenvalue weighted by Crippen LogP contribution is -1.98. The van der Waals surface area contributed by atoms with Crippen molar-refractivity contribution in [2.24, 2.45) is 0 Å². The van der Waals surface area contributed by atoms with Crippen molar-refractivity contribution < 1.29 is 0 Å². The summed E-state index contributed by atoms with van der Waals surface area (Å²) < 4.78 is 0. The largest absolute Gasteiger partial charge is 0.0622 e. The van der Waals surface area contributed by atoms with E-state index in [1.807, 2.05) is 0 Å². The Labute approximate surface area is 323 Å². The zero-order valence-electron chi connectivity index (χ0n) is 30.4. The monoisotopic (exact) mass is 698 g/mol. The lowest BCUT2D eigenvalue weighted by atomic mass is 9.88. The van der Waals surface area contributed by atoms with Gasteiger partial charge in [-0.05, 0) is 119 Å². The van der Waals surface area contributed by atoms with Crippen molar-refractivity contribution in [3.63, 3.8) is 0 Å². The molecule has 10 rings (SSSR count). The van der Waals surface area contributed by atoms with Crippen molar-refractivity contribution in [2.75, 3.05) is 0 Å². The fourth-order valence-electron chi connectivity index (χ4n) is 8.36. The van der Waals surface area contributed by atoms with Gasteiger partial charge >= 0.3 is 0 Å². The molecule has 0 radical (unpaired) electrons. The van der Waals surface area contributed by atoms with Crippen LogP contribution in [0, 0.1) is 0 Å². The fraction of sp³-hybridized carbons (Fsp3) is 0.0182. The van der Waals surface area contributed by atoms with Gasteiger partial charge in [0.25, 0.3) is 0 Å². The molecule has 0 amide bonds. The maximum atomic E-state index is 2.31. The lowest BCUT2D eigenvalue weighted by Gasteiger charge is -2.15. The molecule has 0 heteroatoms. The van der Waals surface area contributed by atoms with Gasteiger partial charge in [0, 0.05) is 5.92 Å². The normalized spacial score (nSPS) is 11.9. The van der Waals surface area contributed by atoms with E-state index in [1.54, 1.807) is 0 Å². The summed E-state index contributed by atoms with van der Waals surface area (Å²) in [5.74, 6) is 0.269. The minimum atomic E-state index is 0.269. The van der Waals surface area contributed by atoms with Gasteiger partial charge < -0.3 is 0 Å². The van der Waals surface area contributed by atoms with E-state index in [0.717, 1.165) is 0 Å². The summed E-state index contributed by atoms with van der Waals surface area (Å²) in [6.45, 7) is 0. The van der Waals surface area contributed by atoms with Crippen molar-refractivity contribution in [3.8, 4) is 77.9 Å². The third-order valence-electron chi connectivity index (χ3n) is 11.2. The van der Waals surface area contributed by atoms with Crippen molar-refractivity contribution in [1.82, 2.24) is 0 Å². The quantitative estimate of drug-likeness (QED) is 0.155. The Hall–Kier alpha value is -7.02. The van der Waals surface area contributed by atoms with Crippen LogP contribution in [-0.4, -0.2) is 0 Å². The highest BCUT2D eigenvalue weighted by Crippen LogP contribution is 2.48. The van der Waals surface area contributed by atoms with Crippen LogP contribution in [0.2, 0.25) is 0 Å². The van der Waals surface area contributed by atoms with Crippen molar-refractivity contribution in [3.05, 3.63) is 241 Å². The van der Waals surface area contributed by atoms with Crippen LogP contribution in [0.25, 0.3) is 77.9 Å². The Balaban J connectivity index is 0.893. The average molecular weight is 699 g/mol. The smallest absolute Gasteiger partial charge is 0.0352 e. The summed E-state index contributed by atoms with van der Waals surface area (Å²) in [6.07, 6.45) is 0. The van der Waals surface area contributed by atoms with Gasteiger partial charge in [0.2, 0.25) is 0 Å². The summed E-state index contributed by atoms with van der Waals surface area (Å²) in [5.41, 5.74) is 21.4. The van der Waals surface area contributed by atoms with Gasteiger partial charge in [-0.25, -0.2) is 0 Å². The summed E-state index contributed by atoms with van der Waals surface area (Å²) in [4.78, 5) is 0. The first kappa shape index (κ1) is 32.6. The third-order valence-corrected chi connectivity index (χ3v) is 11.2. The number of benzene rings is 9. The topological polar surface area (TPSA) is 0 Å². The second kappa shape index (κ2) is 14.1. The van der Waals surface area contributed by atoms with Gasteiger partial charge in [0.15, 0.2) is 0 Å². The van der Waals surface area contributed by atoms with Crippen LogP contribution < -0.4 is 0 Å². The second-order valence-electron chi connectivity index (χ2n) is 14.5. The lowest BCUT2D eigenvalue weighted by molar-refractivity contribution is 1.02. The number of fused-ring (bicyclic) bond motifs is 3. The van der Waals surface area contributed by atoms with E-state index in [1.165, 1.54) is 94.6 Å². The van der Waals surface area contributed by atoms with Gasteiger partial charge in [-0.3, -0.25) is 0 Å². The second-order valence-corrected chi connectivity index (χ2v) is 14.5. The summed E-state index contributed by atoms with van der Waals surface area (Å²) >= 11 is 0. The number of rotatable bonds is 7. The highest BCUT2D eigenvalue weighted by atomic mass is 14.3. The van der Waals surface area contributed by atoms with E-state index in [0.29, 0.717) is 0 Å². The van der Waals surface area contributed by atoms with E-state index in [9.17, 15) is 0 Å². The summed E-state index contributed by atoms with van der Waals surface area (Å²) in [5, 5.41) is 0. The maximum Gasteiger partial charge on any atom is 0.0352 e. The van der Waals surface area contributed by atoms with Crippen LogP contribution in [-0.2, 0) is 0 Å². The Kier molecular flexibility index (Phi) is 8.35. The van der Waals surface area contributed by atoms with Crippen molar-refractivity contribution >= 4 is 0 Å². The first-order chi connectivity index (χ1) is 27.2. The molecule has 55 heavy (non-hydrogen) atoms. The van der Waals surface area contributed by atoms with E-state index in [-0.39, 0.29) is 5.92 Å². The van der Waals surface area contributed by atoms with Gasteiger partial charge in [0.05, 0.1) is 0 Å². The Morgan fingerprint density at radius 1 is 0.200 bits per heavy atom. The van der Waals surface area contributed by atoms with Crippen LogP contribution in [0.5, 0.6) is 0 Å². The Morgan fingerprint density at radius 3 is 0.927 bits per heavy atom. The highest BCUT2D eigenvalue weighted by Gasteiger charge is 2.29. The Morgan fingerprint density at radius 2 is 0.491 bits per heavy atom. The first-order valence-electron chi connectivity index (χ1n) is 19.1. The number of hydrogen-bond acceptors (Lipinski definition) is 0. The van der Waals surface area contributed by atoms with E-state index in [2.05, 4.69) is 224 Å². The molecule has 0 spiro atoms. The van der Waals surface area contributed by atoms with Crippen molar-refractivity contribution in [2.45, 2.75) is 5.92 Å². The molecular weight excluding hydrogens is 661 g/mol. The number of hydrogen-bond donors (Lipinski definition) is 0. The molecule has 258 valence electrons. The van der Waals surface area contributed by atoms with E-state index < -0.39 is 0 Å². The maximum absolute atomic E-state index is 2.31. The summed E-state index contributed by atoms with van der Waals surface area (Å²) in [6, 6.07) is 82.0. The Bertz CT molecular complexity index is 2650. The van der Waals surface area contributed by atoms with Gasteiger partial charge in [-0.1, -0.05) is 200 Å². The van der Waals surface area contributed by atoms with Crippen LogP contribution in [0.3, 0.4) is 0 Å². The molecule has 0 nitrogen and oxygen atoms in total. The van der Waals surface area contributed by atoms with E-state index >= 15 is 0 Å². The molecule has 0 heterocycles. The third kappa shape index (κ3) is 6.28. The van der Waals surface area contributed by atoms with Crippen LogP contribution in [0.4, 0.5) is 0 Å². The molecular formula is C55H38. The molecule has 1 aliphatic rings. The van der Waals surface area contributed by atoms with Crippen LogP contribution in [0.15, 0.2) is 224 Å². The molecule has 0 saturated heterocycles. The molecule has 0 aromatic heterocycles.